The van der Waals surface area contributed by atoms with E-state index in [2.05, 4.69) is 48.9 Å². The molecule has 0 radical (unpaired) electrons. The lowest BCUT2D eigenvalue weighted by Crippen LogP contribution is -2.36. The summed E-state index contributed by atoms with van der Waals surface area (Å²) in [6.45, 7) is 2.05. The van der Waals surface area contributed by atoms with E-state index >= 15 is 0 Å². The first-order chi connectivity index (χ1) is 14.8. The van der Waals surface area contributed by atoms with Gasteiger partial charge in [-0.3, -0.25) is 14.2 Å². The van der Waals surface area contributed by atoms with Gasteiger partial charge >= 0.3 is 0 Å². The van der Waals surface area contributed by atoms with Crippen molar-refractivity contribution in [1.82, 2.24) is 34.9 Å². The summed E-state index contributed by atoms with van der Waals surface area (Å²) < 4.78 is 3.80. The molecule has 3 heterocycles. The predicted molar refractivity (Wildman–Crippen MR) is 116 cm³/mol. The molecule has 152 valence electrons. The van der Waals surface area contributed by atoms with Crippen LogP contribution in [0.2, 0.25) is 0 Å². The van der Waals surface area contributed by atoms with Crippen LogP contribution >= 0.6 is 0 Å². The van der Waals surface area contributed by atoms with Crippen molar-refractivity contribution in [3.05, 3.63) is 96.5 Å². The fraction of sp³-hybridized carbons (Fsp3) is 0.182. The largest absolute Gasteiger partial charge is 0.352 e. The van der Waals surface area contributed by atoms with E-state index < -0.39 is 0 Å². The number of hydrogen-bond donors (Lipinski definition) is 2. The van der Waals surface area contributed by atoms with Crippen molar-refractivity contribution in [3.8, 4) is 5.82 Å². The van der Waals surface area contributed by atoms with Crippen LogP contribution in [0.25, 0.3) is 5.82 Å². The van der Waals surface area contributed by atoms with Gasteiger partial charge in [-0.05, 0) is 28.8 Å². The normalized spacial score (nSPS) is 11.4. The molecule has 0 aliphatic carbocycles. The third-order valence-electron chi connectivity index (χ3n) is 4.72. The second-order valence-corrected chi connectivity index (χ2v) is 6.75. The van der Waals surface area contributed by atoms with Crippen molar-refractivity contribution < 1.29 is 0 Å². The van der Waals surface area contributed by atoms with Crippen molar-refractivity contribution in [2.45, 2.75) is 19.6 Å². The highest BCUT2D eigenvalue weighted by Crippen LogP contribution is 2.10. The fourth-order valence-electron chi connectivity index (χ4n) is 3.11. The van der Waals surface area contributed by atoms with E-state index in [1.807, 2.05) is 52.1 Å². The van der Waals surface area contributed by atoms with Gasteiger partial charge in [0.05, 0.1) is 6.54 Å². The van der Waals surface area contributed by atoms with Crippen LogP contribution in [0.3, 0.4) is 0 Å². The molecule has 0 spiro atoms. The molecule has 0 aliphatic rings. The fourth-order valence-corrected chi connectivity index (χ4v) is 3.11. The smallest absolute Gasteiger partial charge is 0.191 e. The minimum absolute atomic E-state index is 0.631. The zero-order valence-electron chi connectivity index (χ0n) is 16.8. The molecule has 8 nitrogen and oxygen atoms in total. The average Bonchev–Trinajstić information content (AvgIpc) is 3.50. The highest BCUT2D eigenvalue weighted by molar-refractivity contribution is 5.79. The summed E-state index contributed by atoms with van der Waals surface area (Å²) in [5.74, 6) is 1.58. The number of rotatable bonds is 7. The minimum Gasteiger partial charge on any atom is -0.352 e. The molecule has 0 aliphatic heterocycles. The van der Waals surface area contributed by atoms with Crippen LogP contribution in [0, 0.1) is 0 Å². The number of guanidine groups is 1. The molecule has 0 fully saturated rings. The van der Waals surface area contributed by atoms with Crippen LogP contribution in [0.1, 0.15) is 16.7 Å². The Hall–Kier alpha value is -3.94. The molecular weight excluding hydrogens is 376 g/mol. The quantitative estimate of drug-likeness (QED) is 0.368. The van der Waals surface area contributed by atoms with E-state index in [9.17, 15) is 0 Å². The molecule has 8 heteroatoms. The summed E-state index contributed by atoms with van der Waals surface area (Å²) >= 11 is 0. The third kappa shape index (κ3) is 4.91. The third-order valence-corrected chi connectivity index (χ3v) is 4.72. The van der Waals surface area contributed by atoms with E-state index in [1.54, 1.807) is 25.8 Å². The van der Waals surface area contributed by atoms with Crippen molar-refractivity contribution in [3.63, 3.8) is 0 Å². The van der Waals surface area contributed by atoms with E-state index in [0.717, 1.165) is 23.9 Å². The zero-order chi connectivity index (χ0) is 20.6. The molecule has 4 aromatic rings. The highest BCUT2D eigenvalue weighted by Gasteiger charge is 2.05. The number of imidazole rings is 1. The number of nitrogens with one attached hydrogen (secondary N) is 2. The number of aliphatic imine (C=N–C) groups is 1. The van der Waals surface area contributed by atoms with Crippen molar-refractivity contribution in [2.24, 2.45) is 4.99 Å². The lowest BCUT2D eigenvalue weighted by molar-refractivity contribution is 0.677. The van der Waals surface area contributed by atoms with Crippen LogP contribution < -0.4 is 10.6 Å². The Morgan fingerprint density at radius 2 is 1.83 bits per heavy atom. The Bertz CT molecular complexity index is 1070. The van der Waals surface area contributed by atoms with E-state index in [0.29, 0.717) is 13.1 Å². The Labute approximate surface area is 175 Å². The Kier molecular flexibility index (Phi) is 6.14. The zero-order valence-corrected chi connectivity index (χ0v) is 16.8. The maximum Gasteiger partial charge on any atom is 0.191 e. The van der Waals surface area contributed by atoms with Crippen LogP contribution in [0.4, 0.5) is 0 Å². The van der Waals surface area contributed by atoms with Crippen LogP contribution in [-0.2, 0) is 19.6 Å². The summed E-state index contributed by atoms with van der Waals surface area (Å²) in [6, 6.07) is 14.3. The number of aromatic nitrogens is 5. The molecule has 1 aromatic carbocycles. The summed E-state index contributed by atoms with van der Waals surface area (Å²) in [5, 5.41) is 11.0. The first-order valence-corrected chi connectivity index (χ1v) is 9.74. The van der Waals surface area contributed by atoms with Crippen LogP contribution in [0.5, 0.6) is 0 Å². The van der Waals surface area contributed by atoms with Crippen LogP contribution in [0.15, 0.2) is 84.8 Å². The van der Waals surface area contributed by atoms with Gasteiger partial charge in [0.2, 0.25) is 0 Å². The van der Waals surface area contributed by atoms with Gasteiger partial charge in [-0.1, -0.05) is 30.3 Å². The molecule has 3 aromatic heterocycles. The lowest BCUT2D eigenvalue weighted by Gasteiger charge is -2.14. The van der Waals surface area contributed by atoms with E-state index in [4.69, 9.17) is 0 Å². The topological polar surface area (TPSA) is 85.0 Å². The maximum atomic E-state index is 4.48. The second-order valence-electron chi connectivity index (χ2n) is 6.75. The predicted octanol–water partition coefficient (Wildman–Crippen LogP) is 2.38. The summed E-state index contributed by atoms with van der Waals surface area (Å²) in [4.78, 5) is 12.9. The van der Waals surface area contributed by atoms with Crippen molar-refractivity contribution >= 4 is 5.96 Å². The molecule has 0 saturated carbocycles. The first kappa shape index (κ1) is 19.4. The highest BCUT2D eigenvalue weighted by atomic mass is 15.3. The SMILES string of the molecule is CN=C(NCc1ccc(-n2ccnc2)nc1)NCc1ccccc1Cn1cccn1. The van der Waals surface area contributed by atoms with Gasteiger partial charge in [0.25, 0.3) is 0 Å². The van der Waals surface area contributed by atoms with Gasteiger partial charge in [0.1, 0.15) is 12.1 Å². The molecule has 0 unspecified atom stereocenters. The second kappa shape index (κ2) is 9.51. The molecule has 30 heavy (non-hydrogen) atoms. The Morgan fingerprint density at radius 1 is 0.967 bits per heavy atom. The Balaban J connectivity index is 1.32. The molecule has 2 N–H and O–H groups in total. The van der Waals surface area contributed by atoms with Crippen molar-refractivity contribution in [1.29, 1.82) is 0 Å². The van der Waals surface area contributed by atoms with Crippen molar-refractivity contribution in [2.75, 3.05) is 7.05 Å². The standard InChI is InChI=1S/C22H24N8/c1-23-22(26-14-18-7-8-21(25-13-18)29-12-10-24-17-29)27-15-19-5-2-3-6-20(19)16-30-11-4-9-28-30/h2-13,17H,14-16H2,1H3,(H2,23,26,27). The molecular formula is C22H24N8. The summed E-state index contributed by atoms with van der Waals surface area (Å²) in [5.41, 5.74) is 3.51. The number of benzene rings is 1. The molecule has 0 amide bonds. The van der Waals surface area contributed by atoms with Gasteiger partial charge in [-0.2, -0.15) is 5.10 Å². The minimum atomic E-state index is 0.631. The average molecular weight is 400 g/mol. The monoisotopic (exact) mass is 400 g/mol. The van der Waals surface area contributed by atoms with Gasteiger partial charge < -0.3 is 10.6 Å². The summed E-state index contributed by atoms with van der Waals surface area (Å²) in [7, 11) is 1.77. The number of pyridine rings is 1. The van der Waals surface area contributed by atoms with Gasteiger partial charge in [-0.25, -0.2) is 9.97 Å². The first-order valence-electron chi connectivity index (χ1n) is 9.74. The number of nitrogens with zero attached hydrogens (tertiary/aromatic N) is 6. The van der Waals surface area contributed by atoms with Gasteiger partial charge in [0, 0.05) is 51.1 Å². The van der Waals surface area contributed by atoms with Gasteiger partial charge in [-0.15, -0.1) is 0 Å². The summed E-state index contributed by atoms with van der Waals surface area (Å²) in [6.07, 6.45) is 11.0. The maximum absolute atomic E-state index is 4.48. The van der Waals surface area contributed by atoms with E-state index in [-0.39, 0.29) is 0 Å². The molecule has 0 bridgehead atoms. The lowest BCUT2D eigenvalue weighted by atomic mass is 10.1. The Morgan fingerprint density at radius 3 is 2.53 bits per heavy atom. The van der Waals surface area contributed by atoms with Crippen LogP contribution in [-0.4, -0.2) is 37.3 Å². The molecule has 0 saturated heterocycles. The molecule has 4 rings (SSSR count). The molecule has 0 atom stereocenters. The van der Waals surface area contributed by atoms with E-state index in [1.165, 1.54) is 11.1 Å². The van der Waals surface area contributed by atoms with Gasteiger partial charge in [0.15, 0.2) is 5.96 Å². The number of hydrogen-bond acceptors (Lipinski definition) is 4.